The fourth-order valence-electron chi connectivity index (χ4n) is 2.94. The van der Waals surface area contributed by atoms with Crippen molar-refractivity contribution in [2.75, 3.05) is 13.2 Å². The van der Waals surface area contributed by atoms with Crippen molar-refractivity contribution in [2.45, 2.75) is 63.8 Å². The van der Waals surface area contributed by atoms with Gasteiger partial charge >= 0.3 is 0 Å². The van der Waals surface area contributed by atoms with Gasteiger partial charge in [0, 0.05) is 18.6 Å². The monoisotopic (exact) mass is 213 g/mol. The molecule has 0 aromatic rings. The second-order valence-corrected chi connectivity index (χ2v) is 4.97. The third kappa shape index (κ3) is 2.35. The van der Waals surface area contributed by atoms with Crippen molar-refractivity contribution in [1.29, 1.82) is 0 Å². The molecule has 0 bridgehead atoms. The standard InChI is InChI=1S/C12H23NO2/c1-3-10-8-15-9(2)7-13(10)11-5-4-6-12(11)14/h9-12,14H,3-8H2,1-2H3/t9?,10?,11-,12-/m0/s1. The molecule has 4 atom stereocenters. The Bertz CT molecular complexity index is 210. The Morgan fingerprint density at radius 3 is 2.80 bits per heavy atom. The number of aliphatic hydroxyl groups excluding tert-OH is 1. The van der Waals surface area contributed by atoms with Gasteiger partial charge in [-0.05, 0) is 32.6 Å². The topological polar surface area (TPSA) is 32.7 Å². The Morgan fingerprint density at radius 1 is 1.40 bits per heavy atom. The van der Waals surface area contributed by atoms with Crippen LogP contribution >= 0.6 is 0 Å². The van der Waals surface area contributed by atoms with Crippen LogP contribution in [0.2, 0.25) is 0 Å². The predicted molar refractivity (Wildman–Crippen MR) is 59.8 cm³/mol. The van der Waals surface area contributed by atoms with Crippen LogP contribution in [0, 0.1) is 0 Å². The molecule has 0 radical (unpaired) electrons. The first kappa shape index (κ1) is 11.4. The molecule has 1 saturated carbocycles. The normalized spacial score (nSPS) is 43.4. The van der Waals surface area contributed by atoms with Crippen molar-refractivity contribution in [3.05, 3.63) is 0 Å². The predicted octanol–water partition coefficient (Wildman–Crippen LogP) is 1.40. The van der Waals surface area contributed by atoms with Gasteiger partial charge in [-0.25, -0.2) is 0 Å². The number of morpholine rings is 1. The number of rotatable bonds is 2. The molecule has 1 aliphatic heterocycles. The zero-order valence-electron chi connectivity index (χ0n) is 9.85. The molecule has 88 valence electrons. The lowest BCUT2D eigenvalue weighted by Crippen LogP contribution is -2.55. The van der Waals surface area contributed by atoms with Crippen molar-refractivity contribution in [3.8, 4) is 0 Å². The van der Waals surface area contributed by atoms with Gasteiger partial charge in [0.2, 0.25) is 0 Å². The zero-order chi connectivity index (χ0) is 10.8. The van der Waals surface area contributed by atoms with Gasteiger partial charge in [0.05, 0.1) is 18.8 Å². The Morgan fingerprint density at radius 2 is 2.20 bits per heavy atom. The Kier molecular flexibility index (Phi) is 3.65. The van der Waals surface area contributed by atoms with Crippen molar-refractivity contribution in [3.63, 3.8) is 0 Å². The van der Waals surface area contributed by atoms with E-state index in [9.17, 15) is 5.11 Å². The van der Waals surface area contributed by atoms with Crippen LogP contribution in [0.3, 0.4) is 0 Å². The molecular weight excluding hydrogens is 190 g/mol. The van der Waals surface area contributed by atoms with Crippen LogP contribution in [0.4, 0.5) is 0 Å². The van der Waals surface area contributed by atoms with Gasteiger partial charge in [-0.1, -0.05) is 6.92 Å². The fraction of sp³-hybridized carbons (Fsp3) is 1.00. The molecule has 1 N–H and O–H groups in total. The number of aliphatic hydroxyl groups is 1. The highest BCUT2D eigenvalue weighted by Crippen LogP contribution is 2.28. The summed E-state index contributed by atoms with van der Waals surface area (Å²) in [6.45, 7) is 6.15. The minimum atomic E-state index is -0.107. The van der Waals surface area contributed by atoms with Crippen LogP contribution in [0.15, 0.2) is 0 Å². The smallest absolute Gasteiger partial charge is 0.0695 e. The quantitative estimate of drug-likeness (QED) is 0.752. The highest BCUT2D eigenvalue weighted by molar-refractivity contribution is 4.90. The molecule has 0 aromatic heterocycles. The van der Waals surface area contributed by atoms with Crippen molar-refractivity contribution in [2.24, 2.45) is 0 Å². The summed E-state index contributed by atoms with van der Waals surface area (Å²) in [5.74, 6) is 0. The van der Waals surface area contributed by atoms with Crippen LogP contribution in [-0.4, -0.2) is 47.4 Å². The van der Waals surface area contributed by atoms with E-state index in [2.05, 4.69) is 18.7 Å². The molecule has 2 fully saturated rings. The molecule has 3 nitrogen and oxygen atoms in total. The highest BCUT2D eigenvalue weighted by Gasteiger charge is 2.37. The molecular formula is C12H23NO2. The molecule has 0 spiro atoms. The minimum absolute atomic E-state index is 0.107. The van der Waals surface area contributed by atoms with Crippen LogP contribution < -0.4 is 0 Å². The average molecular weight is 213 g/mol. The Hall–Kier alpha value is -0.120. The molecule has 0 aromatic carbocycles. The molecule has 1 saturated heterocycles. The molecule has 3 heteroatoms. The fourth-order valence-corrected chi connectivity index (χ4v) is 2.94. The van der Waals surface area contributed by atoms with Gasteiger partial charge in [-0.2, -0.15) is 0 Å². The lowest BCUT2D eigenvalue weighted by molar-refractivity contribution is -0.0869. The number of ether oxygens (including phenoxy) is 1. The first-order valence-electron chi connectivity index (χ1n) is 6.27. The molecule has 2 aliphatic rings. The lowest BCUT2D eigenvalue weighted by atomic mass is 10.0. The van der Waals surface area contributed by atoms with Gasteiger partial charge in [0.1, 0.15) is 0 Å². The SMILES string of the molecule is CCC1COC(C)CN1[C@H]1CCC[C@@H]1O. The largest absolute Gasteiger partial charge is 0.391 e. The second kappa shape index (κ2) is 4.81. The van der Waals surface area contributed by atoms with E-state index in [1.165, 1.54) is 6.42 Å². The number of hydrogen-bond donors (Lipinski definition) is 1. The van der Waals surface area contributed by atoms with Gasteiger partial charge in [0.15, 0.2) is 0 Å². The second-order valence-electron chi connectivity index (χ2n) is 4.97. The molecule has 2 unspecified atom stereocenters. The maximum Gasteiger partial charge on any atom is 0.0695 e. The van der Waals surface area contributed by atoms with Crippen LogP contribution in [0.5, 0.6) is 0 Å². The third-order valence-corrected chi connectivity index (χ3v) is 3.85. The summed E-state index contributed by atoms with van der Waals surface area (Å²) in [5, 5.41) is 9.96. The van der Waals surface area contributed by atoms with Crippen molar-refractivity contribution in [1.82, 2.24) is 4.90 Å². The van der Waals surface area contributed by atoms with Crippen LogP contribution in [0.25, 0.3) is 0 Å². The van der Waals surface area contributed by atoms with Gasteiger partial charge < -0.3 is 9.84 Å². The maximum absolute atomic E-state index is 9.96. The van der Waals surface area contributed by atoms with Crippen LogP contribution in [0.1, 0.15) is 39.5 Å². The van der Waals surface area contributed by atoms with E-state index in [0.717, 1.165) is 32.4 Å². The summed E-state index contributed by atoms with van der Waals surface area (Å²) < 4.78 is 5.68. The van der Waals surface area contributed by atoms with Crippen molar-refractivity contribution < 1.29 is 9.84 Å². The molecule has 1 heterocycles. The van der Waals surface area contributed by atoms with E-state index in [1.54, 1.807) is 0 Å². The first-order chi connectivity index (χ1) is 7.22. The van der Waals surface area contributed by atoms with E-state index in [-0.39, 0.29) is 6.10 Å². The average Bonchev–Trinajstić information content (AvgIpc) is 2.64. The summed E-state index contributed by atoms with van der Waals surface area (Å²) in [7, 11) is 0. The van der Waals surface area contributed by atoms with Crippen molar-refractivity contribution >= 4 is 0 Å². The van der Waals surface area contributed by atoms with E-state index in [0.29, 0.717) is 18.2 Å². The van der Waals surface area contributed by atoms with E-state index < -0.39 is 0 Å². The maximum atomic E-state index is 9.96. The summed E-state index contributed by atoms with van der Waals surface area (Å²) in [5.41, 5.74) is 0. The minimum Gasteiger partial charge on any atom is -0.391 e. The Labute approximate surface area is 92.4 Å². The number of hydrogen-bond acceptors (Lipinski definition) is 3. The summed E-state index contributed by atoms with van der Waals surface area (Å²) in [4.78, 5) is 2.49. The van der Waals surface area contributed by atoms with E-state index in [1.807, 2.05) is 0 Å². The van der Waals surface area contributed by atoms with Gasteiger partial charge in [0.25, 0.3) is 0 Å². The van der Waals surface area contributed by atoms with E-state index in [4.69, 9.17) is 4.74 Å². The molecule has 1 aliphatic carbocycles. The van der Waals surface area contributed by atoms with Crippen LogP contribution in [-0.2, 0) is 4.74 Å². The molecule has 15 heavy (non-hydrogen) atoms. The molecule has 2 rings (SSSR count). The summed E-state index contributed by atoms with van der Waals surface area (Å²) in [6.07, 6.45) is 4.64. The lowest BCUT2D eigenvalue weighted by Gasteiger charge is -2.43. The third-order valence-electron chi connectivity index (χ3n) is 3.85. The zero-order valence-corrected chi connectivity index (χ0v) is 9.85. The Balaban J connectivity index is 2.02. The van der Waals surface area contributed by atoms with Gasteiger partial charge in [-0.15, -0.1) is 0 Å². The number of nitrogens with zero attached hydrogens (tertiary/aromatic N) is 1. The van der Waals surface area contributed by atoms with E-state index >= 15 is 0 Å². The highest BCUT2D eigenvalue weighted by atomic mass is 16.5. The summed E-state index contributed by atoms with van der Waals surface area (Å²) in [6, 6.07) is 0.903. The van der Waals surface area contributed by atoms with Gasteiger partial charge in [-0.3, -0.25) is 4.90 Å². The summed E-state index contributed by atoms with van der Waals surface area (Å²) >= 11 is 0. The molecule has 0 amide bonds. The first-order valence-corrected chi connectivity index (χ1v) is 6.27.